The van der Waals surface area contributed by atoms with Crippen LogP contribution in [0.25, 0.3) is 0 Å². The summed E-state index contributed by atoms with van der Waals surface area (Å²) in [5.41, 5.74) is 0. The summed E-state index contributed by atoms with van der Waals surface area (Å²) in [5.74, 6) is 1.30. The van der Waals surface area contributed by atoms with Crippen LogP contribution in [-0.2, 0) is 4.79 Å². The molecule has 1 N–H and O–H groups in total. The number of anilines is 1. The molecule has 0 bridgehead atoms. The van der Waals surface area contributed by atoms with Gasteiger partial charge in [-0.2, -0.15) is 0 Å². The average Bonchev–Trinajstić information content (AvgIpc) is 3.24. The van der Waals surface area contributed by atoms with Crippen molar-refractivity contribution in [3.05, 3.63) is 35.8 Å². The quantitative estimate of drug-likeness (QED) is 0.875. The summed E-state index contributed by atoms with van der Waals surface area (Å²) < 4.78 is 10.6. The van der Waals surface area contributed by atoms with Gasteiger partial charge in [0.25, 0.3) is 5.91 Å². The predicted octanol–water partition coefficient (Wildman–Crippen LogP) is 1.93. The minimum Gasteiger partial charge on any atom is -0.497 e. The van der Waals surface area contributed by atoms with E-state index in [1.807, 2.05) is 5.38 Å². The van der Waals surface area contributed by atoms with E-state index in [-0.39, 0.29) is 18.6 Å². The van der Waals surface area contributed by atoms with Gasteiger partial charge in [0, 0.05) is 30.7 Å². The van der Waals surface area contributed by atoms with Crippen molar-refractivity contribution in [3.63, 3.8) is 0 Å². The third kappa shape index (κ3) is 4.13. The molecule has 1 unspecified atom stereocenters. The van der Waals surface area contributed by atoms with E-state index in [2.05, 4.69) is 15.2 Å². The Hall–Kier alpha value is -2.28. The fourth-order valence-electron chi connectivity index (χ4n) is 2.51. The number of thiazole rings is 1. The molecular weight excluding hydrogens is 314 g/mol. The van der Waals surface area contributed by atoms with E-state index in [0.29, 0.717) is 5.75 Å². The molecule has 1 aliphatic heterocycles. The van der Waals surface area contributed by atoms with E-state index < -0.39 is 0 Å². The minimum absolute atomic E-state index is 0.0140. The van der Waals surface area contributed by atoms with Crippen molar-refractivity contribution in [3.8, 4) is 11.5 Å². The molecule has 122 valence electrons. The van der Waals surface area contributed by atoms with Crippen molar-refractivity contribution in [1.29, 1.82) is 0 Å². The summed E-state index contributed by atoms with van der Waals surface area (Å²) in [6.45, 7) is 1.72. The number of carbonyl (C=O) groups excluding carboxylic acids is 1. The van der Waals surface area contributed by atoms with Gasteiger partial charge >= 0.3 is 0 Å². The number of nitrogens with zero attached hydrogens (tertiary/aromatic N) is 2. The molecule has 1 amide bonds. The highest BCUT2D eigenvalue weighted by atomic mass is 32.1. The van der Waals surface area contributed by atoms with E-state index in [4.69, 9.17) is 9.47 Å². The molecule has 0 saturated carbocycles. The second-order valence-corrected chi connectivity index (χ2v) is 6.15. The van der Waals surface area contributed by atoms with Crippen LogP contribution in [0.15, 0.2) is 35.8 Å². The number of ether oxygens (including phenoxy) is 2. The van der Waals surface area contributed by atoms with Gasteiger partial charge in [0.1, 0.15) is 11.5 Å². The molecule has 0 radical (unpaired) electrons. The monoisotopic (exact) mass is 333 g/mol. The van der Waals surface area contributed by atoms with Gasteiger partial charge < -0.3 is 19.7 Å². The summed E-state index contributed by atoms with van der Waals surface area (Å²) in [7, 11) is 1.61. The van der Waals surface area contributed by atoms with Gasteiger partial charge in [-0.1, -0.05) is 0 Å². The van der Waals surface area contributed by atoms with Crippen LogP contribution >= 0.6 is 11.3 Å². The molecule has 1 atom stereocenters. The highest BCUT2D eigenvalue weighted by Crippen LogP contribution is 2.22. The fraction of sp³-hybridized carbons (Fsp3) is 0.375. The van der Waals surface area contributed by atoms with Gasteiger partial charge in [0.15, 0.2) is 11.7 Å². The third-order valence-electron chi connectivity index (χ3n) is 3.67. The normalized spacial score (nSPS) is 17.1. The minimum atomic E-state index is -0.105. The molecule has 2 heterocycles. The number of aromatic nitrogens is 1. The standard InChI is InChI=1S/C16H19N3O3S/c1-21-13-2-4-14(5-3-13)22-11-15(20)18-12-6-8-19(10-12)16-17-7-9-23-16/h2-5,7,9,12H,6,8,10-11H2,1H3,(H,18,20). The second-order valence-electron chi connectivity index (χ2n) is 5.28. The first kappa shape index (κ1) is 15.6. The van der Waals surface area contributed by atoms with Crippen LogP contribution in [0.2, 0.25) is 0 Å². The number of rotatable bonds is 6. The lowest BCUT2D eigenvalue weighted by Gasteiger charge is -2.16. The molecule has 0 spiro atoms. The van der Waals surface area contributed by atoms with Gasteiger partial charge in [-0.15, -0.1) is 11.3 Å². The lowest BCUT2D eigenvalue weighted by molar-refractivity contribution is -0.123. The molecule has 6 nitrogen and oxygen atoms in total. The van der Waals surface area contributed by atoms with E-state index in [9.17, 15) is 4.79 Å². The number of methoxy groups -OCH3 is 1. The van der Waals surface area contributed by atoms with E-state index >= 15 is 0 Å². The first-order valence-electron chi connectivity index (χ1n) is 7.45. The second kappa shape index (κ2) is 7.32. The van der Waals surface area contributed by atoms with Gasteiger partial charge in [-0.25, -0.2) is 4.98 Å². The van der Waals surface area contributed by atoms with Crippen LogP contribution in [-0.4, -0.2) is 43.7 Å². The Kier molecular flexibility index (Phi) is 4.97. The maximum Gasteiger partial charge on any atom is 0.258 e. The Labute approximate surface area is 139 Å². The van der Waals surface area contributed by atoms with Crippen LogP contribution in [0.4, 0.5) is 5.13 Å². The lowest BCUT2D eigenvalue weighted by atomic mass is 10.2. The van der Waals surface area contributed by atoms with Gasteiger partial charge in [0.05, 0.1) is 7.11 Å². The topological polar surface area (TPSA) is 63.7 Å². The number of amides is 1. The predicted molar refractivity (Wildman–Crippen MR) is 89.4 cm³/mol. The van der Waals surface area contributed by atoms with Crippen molar-refractivity contribution in [2.24, 2.45) is 0 Å². The number of hydrogen-bond acceptors (Lipinski definition) is 6. The first-order valence-corrected chi connectivity index (χ1v) is 8.33. The zero-order valence-electron chi connectivity index (χ0n) is 12.9. The summed E-state index contributed by atoms with van der Waals surface area (Å²) in [5, 5.41) is 5.98. The molecule has 3 rings (SSSR count). The molecule has 2 aromatic rings. The van der Waals surface area contributed by atoms with E-state index in [1.165, 1.54) is 0 Å². The lowest BCUT2D eigenvalue weighted by Crippen LogP contribution is -2.39. The van der Waals surface area contributed by atoms with E-state index in [0.717, 1.165) is 30.4 Å². The Morgan fingerprint density at radius 3 is 2.87 bits per heavy atom. The van der Waals surface area contributed by atoms with Crippen molar-refractivity contribution in [1.82, 2.24) is 10.3 Å². The van der Waals surface area contributed by atoms with Gasteiger partial charge in [-0.3, -0.25) is 4.79 Å². The number of nitrogens with one attached hydrogen (secondary N) is 1. The SMILES string of the molecule is COc1ccc(OCC(=O)NC2CCN(c3nccs3)C2)cc1. The van der Waals surface area contributed by atoms with Crippen molar-refractivity contribution in [2.75, 3.05) is 31.7 Å². The molecule has 1 aromatic heterocycles. The largest absolute Gasteiger partial charge is 0.497 e. The molecule has 1 saturated heterocycles. The maximum absolute atomic E-state index is 12.0. The highest BCUT2D eigenvalue weighted by Gasteiger charge is 2.25. The Bertz CT molecular complexity index is 631. The molecule has 23 heavy (non-hydrogen) atoms. The molecular formula is C16H19N3O3S. The van der Waals surface area contributed by atoms with Crippen LogP contribution in [0.5, 0.6) is 11.5 Å². The summed E-state index contributed by atoms with van der Waals surface area (Å²) >= 11 is 1.62. The fourth-order valence-corrected chi connectivity index (χ4v) is 3.19. The molecule has 1 fully saturated rings. The maximum atomic E-state index is 12.0. The van der Waals surface area contributed by atoms with Crippen LogP contribution in [0.3, 0.4) is 0 Å². The van der Waals surface area contributed by atoms with Crippen LogP contribution in [0, 0.1) is 0 Å². The Balaban J connectivity index is 1.42. The number of hydrogen-bond donors (Lipinski definition) is 1. The summed E-state index contributed by atoms with van der Waals surface area (Å²) in [6.07, 6.45) is 2.72. The molecule has 1 aromatic carbocycles. The first-order chi connectivity index (χ1) is 11.2. The molecule has 0 aliphatic carbocycles. The van der Waals surface area contributed by atoms with Crippen LogP contribution < -0.4 is 19.7 Å². The zero-order chi connectivity index (χ0) is 16.1. The van der Waals surface area contributed by atoms with Gasteiger partial charge in [-0.05, 0) is 30.7 Å². The number of benzene rings is 1. The Morgan fingerprint density at radius 2 is 2.17 bits per heavy atom. The van der Waals surface area contributed by atoms with Crippen molar-refractivity contribution < 1.29 is 14.3 Å². The average molecular weight is 333 g/mol. The summed E-state index contributed by atoms with van der Waals surface area (Å²) in [6, 6.07) is 7.31. The molecule has 7 heteroatoms. The van der Waals surface area contributed by atoms with Crippen molar-refractivity contribution in [2.45, 2.75) is 12.5 Å². The van der Waals surface area contributed by atoms with E-state index in [1.54, 1.807) is 48.9 Å². The third-order valence-corrected chi connectivity index (χ3v) is 4.50. The van der Waals surface area contributed by atoms with Crippen molar-refractivity contribution >= 4 is 22.4 Å². The number of carbonyl (C=O) groups is 1. The van der Waals surface area contributed by atoms with Crippen LogP contribution in [0.1, 0.15) is 6.42 Å². The zero-order valence-corrected chi connectivity index (χ0v) is 13.7. The Morgan fingerprint density at radius 1 is 1.39 bits per heavy atom. The highest BCUT2D eigenvalue weighted by molar-refractivity contribution is 7.13. The molecule has 1 aliphatic rings. The van der Waals surface area contributed by atoms with Gasteiger partial charge in [0.2, 0.25) is 0 Å². The smallest absolute Gasteiger partial charge is 0.258 e. The summed E-state index contributed by atoms with van der Waals surface area (Å²) in [4.78, 5) is 18.5.